The molecule has 11 nitrogen and oxygen atoms in total. The van der Waals surface area contributed by atoms with E-state index in [0.29, 0.717) is 38.0 Å². The summed E-state index contributed by atoms with van der Waals surface area (Å²) >= 11 is 1.45. The lowest BCUT2D eigenvalue weighted by Gasteiger charge is -2.25. The predicted octanol–water partition coefficient (Wildman–Crippen LogP) is -1.23. The minimum Gasteiger partial charge on any atom is -0.480 e. The Morgan fingerprint density at radius 2 is 1.44 bits per heavy atom. The third-order valence-electron chi connectivity index (χ3n) is 4.68. The highest BCUT2D eigenvalue weighted by Crippen LogP contribution is 2.08. The Morgan fingerprint density at radius 3 is 1.91 bits per heavy atom. The summed E-state index contributed by atoms with van der Waals surface area (Å²) < 4.78 is 0. The number of rotatable bonds is 17. The van der Waals surface area contributed by atoms with Crippen molar-refractivity contribution < 1.29 is 29.4 Å². The van der Waals surface area contributed by atoms with E-state index in [1.54, 1.807) is 0 Å². The van der Waals surface area contributed by atoms with Gasteiger partial charge >= 0.3 is 5.97 Å². The number of aliphatic hydroxyl groups is 1. The maximum atomic E-state index is 12.9. The van der Waals surface area contributed by atoms with Gasteiger partial charge in [-0.15, -0.1) is 0 Å². The van der Waals surface area contributed by atoms with Gasteiger partial charge in [-0.25, -0.2) is 4.79 Å². The fourth-order valence-electron chi connectivity index (χ4n) is 2.89. The minimum atomic E-state index is -1.48. The number of thioether (sulfide) groups is 1. The first-order valence-electron chi connectivity index (χ1n) is 10.8. The Bertz CT molecular complexity index is 607. The third kappa shape index (κ3) is 12.2. The van der Waals surface area contributed by atoms with Crippen molar-refractivity contribution in [1.29, 1.82) is 0 Å². The molecule has 4 unspecified atom stereocenters. The van der Waals surface area contributed by atoms with E-state index >= 15 is 0 Å². The number of nitrogens with one attached hydrogen (secondary N) is 3. The van der Waals surface area contributed by atoms with E-state index in [0.717, 1.165) is 0 Å². The molecule has 0 fully saturated rings. The van der Waals surface area contributed by atoms with Gasteiger partial charge in [0.25, 0.3) is 0 Å². The molecule has 0 heterocycles. The van der Waals surface area contributed by atoms with E-state index in [-0.39, 0.29) is 12.3 Å². The van der Waals surface area contributed by atoms with Crippen LogP contribution >= 0.6 is 11.8 Å². The molecule has 0 aliphatic heterocycles. The van der Waals surface area contributed by atoms with Gasteiger partial charge in [-0.2, -0.15) is 11.8 Å². The van der Waals surface area contributed by atoms with Crippen LogP contribution in [0.2, 0.25) is 0 Å². The van der Waals surface area contributed by atoms with E-state index < -0.39 is 54.5 Å². The minimum absolute atomic E-state index is 0.202. The molecule has 4 atom stereocenters. The van der Waals surface area contributed by atoms with Crippen LogP contribution in [0.25, 0.3) is 0 Å². The van der Waals surface area contributed by atoms with E-state index in [1.165, 1.54) is 11.8 Å². The molecule has 0 aromatic rings. The van der Waals surface area contributed by atoms with Gasteiger partial charge in [0.15, 0.2) is 0 Å². The van der Waals surface area contributed by atoms with Crippen molar-refractivity contribution in [2.45, 2.75) is 70.1 Å². The molecule has 12 heteroatoms. The van der Waals surface area contributed by atoms with E-state index in [2.05, 4.69) is 16.0 Å². The maximum absolute atomic E-state index is 12.9. The molecule has 0 aromatic heterocycles. The first kappa shape index (κ1) is 30.1. The van der Waals surface area contributed by atoms with Crippen LogP contribution in [-0.2, 0) is 19.2 Å². The molecule has 32 heavy (non-hydrogen) atoms. The average molecular weight is 478 g/mol. The molecule has 9 N–H and O–H groups in total. The molecule has 0 saturated carbocycles. The quantitative estimate of drug-likeness (QED) is 0.125. The van der Waals surface area contributed by atoms with Gasteiger partial charge in [-0.3, -0.25) is 14.4 Å². The SMILES string of the molecule is CSCCC(NC(=O)C(CCCCN)NC(=O)C(N)CC(C)C)C(=O)NC(CO)C(=O)O. The molecule has 0 aliphatic rings. The molecular weight excluding hydrogens is 438 g/mol. The van der Waals surface area contributed by atoms with Crippen molar-refractivity contribution in [1.82, 2.24) is 16.0 Å². The lowest BCUT2D eigenvalue weighted by Crippen LogP contribution is -2.57. The highest BCUT2D eigenvalue weighted by atomic mass is 32.2. The summed E-state index contributed by atoms with van der Waals surface area (Å²) in [5, 5.41) is 25.7. The molecule has 0 radical (unpaired) electrons. The fourth-order valence-corrected chi connectivity index (χ4v) is 3.36. The van der Waals surface area contributed by atoms with Crippen molar-refractivity contribution in [3.8, 4) is 0 Å². The summed E-state index contributed by atoms with van der Waals surface area (Å²) in [4.78, 5) is 49.1. The number of aliphatic carboxylic acids is 1. The topological polar surface area (TPSA) is 197 Å². The Kier molecular flexibility index (Phi) is 15.7. The summed E-state index contributed by atoms with van der Waals surface area (Å²) in [5.74, 6) is -2.40. The zero-order valence-electron chi connectivity index (χ0n) is 19.1. The number of carboxylic acid groups (broad SMARTS) is 1. The number of carbonyl (C=O) groups excluding carboxylic acids is 3. The van der Waals surface area contributed by atoms with Crippen molar-refractivity contribution in [3.05, 3.63) is 0 Å². The van der Waals surface area contributed by atoms with Crippen LogP contribution in [0.15, 0.2) is 0 Å². The molecular formula is C20H39N5O6S. The van der Waals surface area contributed by atoms with Crippen LogP contribution in [0.1, 0.15) is 46.0 Å². The Hall–Kier alpha value is -1.89. The predicted molar refractivity (Wildman–Crippen MR) is 124 cm³/mol. The largest absolute Gasteiger partial charge is 0.480 e. The van der Waals surface area contributed by atoms with Gasteiger partial charge < -0.3 is 37.6 Å². The van der Waals surface area contributed by atoms with Crippen LogP contribution in [0.4, 0.5) is 0 Å². The molecule has 3 amide bonds. The second kappa shape index (κ2) is 16.7. The molecule has 0 rings (SSSR count). The number of hydrogen-bond acceptors (Lipinski definition) is 8. The number of hydrogen-bond donors (Lipinski definition) is 7. The summed E-state index contributed by atoms with van der Waals surface area (Å²) in [6, 6.07) is -4.19. The zero-order valence-corrected chi connectivity index (χ0v) is 20.0. The Balaban J connectivity index is 5.35. The third-order valence-corrected chi connectivity index (χ3v) is 5.33. The number of carboxylic acids is 1. The molecule has 186 valence electrons. The van der Waals surface area contributed by atoms with Gasteiger partial charge in [-0.05, 0) is 56.6 Å². The van der Waals surface area contributed by atoms with E-state index in [1.807, 2.05) is 20.1 Å². The van der Waals surface area contributed by atoms with Crippen LogP contribution < -0.4 is 27.4 Å². The summed E-state index contributed by atoms with van der Waals surface area (Å²) in [7, 11) is 0. The smallest absolute Gasteiger partial charge is 0.328 e. The molecule has 0 saturated heterocycles. The second-order valence-electron chi connectivity index (χ2n) is 8.01. The summed E-state index contributed by atoms with van der Waals surface area (Å²) in [5.41, 5.74) is 11.4. The lowest BCUT2D eigenvalue weighted by molar-refractivity contribution is -0.143. The van der Waals surface area contributed by atoms with Crippen LogP contribution in [-0.4, -0.2) is 83.2 Å². The van der Waals surface area contributed by atoms with Gasteiger partial charge in [0.1, 0.15) is 18.1 Å². The molecule has 0 spiro atoms. The van der Waals surface area contributed by atoms with Crippen LogP contribution in [0.3, 0.4) is 0 Å². The van der Waals surface area contributed by atoms with Crippen molar-refractivity contribution in [3.63, 3.8) is 0 Å². The van der Waals surface area contributed by atoms with E-state index in [4.69, 9.17) is 21.7 Å². The Labute approximate surface area is 193 Å². The monoisotopic (exact) mass is 477 g/mol. The summed E-state index contributed by atoms with van der Waals surface area (Å²) in [6.07, 6.45) is 4.09. The standard InChI is InChI=1S/C20H39N5O6S/c1-12(2)10-13(22)17(27)23-14(6-4-5-8-21)18(28)24-15(7-9-32-3)19(29)25-16(11-26)20(30)31/h12-16,26H,4-11,21-22H2,1-3H3,(H,23,27)(H,24,28)(H,25,29)(H,30,31). The van der Waals surface area contributed by atoms with Gasteiger partial charge in [-0.1, -0.05) is 13.8 Å². The van der Waals surface area contributed by atoms with Crippen LogP contribution in [0, 0.1) is 5.92 Å². The number of aliphatic hydroxyl groups excluding tert-OH is 1. The first-order chi connectivity index (χ1) is 15.1. The molecule has 0 bridgehead atoms. The maximum Gasteiger partial charge on any atom is 0.328 e. The zero-order chi connectivity index (χ0) is 24.7. The van der Waals surface area contributed by atoms with E-state index in [9.17, 15) is 19.2 Å². The normalized spacial score (nSPS) is 14.8. The fraction of sp³-hybridized carbons (Fsp3) is 0.800. The summed E-state index contributed by atoms with van der Waals surface area (Å²) in [6.45, 7) is 3.52. The highest BCUT2D eigenvalue weighted by Gasteiger charge is 2.29. The number of unbranched alkanes of at least 4 members (excludes halogenated alkanes) is 1. The van der Waals surface area contributed by atoms with Gasteiger partial charge in [0.05, 0.1) is 12.6 Å². The number of carbonyl (C=O) groups is 4. The van der Waals surface area contributed by atoms with Crippen LogP contribution in [0.5, 0.6) is 0 Å². The van der Waals surface area contributed by atoms with Gasteiger partial charge in [0, 0.05) is 0 Å². The van der Waals surface area contributed by atoms with Gasteiger partial charge in [0.2, 0.25) is 17.7 Å². The Morgan fingerprint density at radius 1 is 0.906 bits per heavy atom. The highest BCUT2D eigenvalue weighted by molar-refractivity contribution is 7.98. The average Bonchev–Trinajstić information content (AvgIpc) is 2.72. The number of nitrogens with two attached hydrogens (primary N) is 2. The number of amides is 3. The lowest BCUT2D eigenvalue weighted by atomic mass is 10.0. The van der Waals surface area contributed by atoms with Crippen molar-refractivity contribution in [2.24, 2.45) is 17.4 Å². The molecule has 0 aliphatic carbocycles. The van der Waals surface area contributed by atoms with Crippen molar-refractivity contribution in [2.75, 3.05) is 25.2 Å². The molecule has 0 aromatic carbocycles. The van der Waals surface area contributed by atoms with Crippen molar-refractivity contribution >= 4 is 35.5 Å². The second-order valence-corrected chi connectivity index (χ2v) is 8.99. The first-order valence-corrected chi connectivity index (χ1v) is 12.2.